The molecule has 0 aromatic heterocycles. The number of anilines is 1. The zero-order valence-corrected chi connectivity index (χ0v) is 12.5. The van der Waals surface area contributed by atoms with Crippen LogP contribution in [0.4, 0.5) is 5.69 Å². The van der Waals surface area contributed by atoms with Gasteiger partial charge < -0.3 is 10.4 Å². The van der Waals surface area contributed by atoms with E-state index in [1.165, 1.54) is 0 Å². The lowest BCUT2D eigenvalue weighted by molar-refractivity contribution is -0.145. The maximum Gasteiger partial charge on any atom is 0.321 e. The monoisotopic (exact) mass is 310 g/mol. The van der Waals surface area contributed by atoms with E-state index in [2.05, 4.69) is 5.32 Å². The summed E-state index contributed by atoms with van der Waals surface area (Å²) in [5.41, 5.74) is 0.579. The van der Waals surface area contributed by atoms with E-state index in [0.717, 1.165) is 32.4 Å². The highest BCUT2D eigenvalue weighted by Crippen LogP contribution is 2.17. The average Bonchev–Trinajstić information content (AvgIpc) is 2.45. The van der Waals surface area contributed by atoms with Gasteiger partial charge in [-0.1, -0.05) is 24.1 Å². The molecule has 1 aromatic rings. The lowest BCUT2D eigenvalue weighted by Gasteiger charge is -2.31. The first-order valence-electron chi connectivity index (χ1n) is 7.08. The number of benzene rings is 1. The molecule has 1 saturated heterocycles. The number of nitrogens with zero attached hydrogens (tertiary/aromatic N) is 1. The van der Waals surface area contributed by atoms with Gasteiger partial charge in [0.1, 0.15) is 6.04 Å². The molecule has 114 valence electrons. The normalized spacial score (nSPS) is 17.2. The van der Waals surface area contributed by atoms with Crippen molar-refractivity contribution in [3.8, 4) is 0 Å². The van der Waals surface area contributed by atoms with Gasteiger partial charge in [-0.25, -0.2) is 0 Å². The van der Waals surface area contributed by atoms with Crippen LogP contribution < -0.4 is 5.32 Å². The van der Waals surface area contributed by atoms with Crippen molar-refractivity contribution in [2.75, 3.05) is 18.4 Å². The lowest BCUT2D eigenvalue weighted by Crippen LogP contribution is -2.45. The Balaban J connectivity index is 1.96. The van der Waals surface area contributed by atoms with Gasteiger partial charge >= 0.3 is 5.97 Å². The van der Waals surface area contributed by atoms with Gasteiger partial charge in [-0.2, -0.15) is 0 Å². The van der Waals surface area contributed by atoms with Crippen LogP contribution in [0.2, 0.25) is 5.02 Å². The van der Waals surface area contributed by atoms with Gasteiger partial charge in [-0.3, -0.25) is 14.5 Å². The summed E-state index contributed by atoms with van der Waals surface area (Å²) < 4.78 is 0. The van der Waals surface area contributed by atoms with Crippen LogP contribution in [0.1, 0.15) is 25.7 Å². The van der Waals surface area contributed by atoms with Crippen molar-refractivity contribution in [3.05, 3.63) is 29.3 Å². The van der Waals surface area contributed by atoms with E-state index in [1.807, 2.05) is 4.90 Å². The Kier molecular flexibility index (Phi) is 5.59. The van der Waals surface area contributed by atoms with Crippen molar-refractivity contribution >= 4 is 29.2 Å². The number of halogens is 1. The predicted molar refractivity (Wildman–Crippen MR) is 81.5 cm³/mol. The number of aliphatic carboxylic acids is 1. The zero-order valence-electron chi connectivity index (χ0n) is 11.7. The van der Waals surface area contributed by atoms with Gasteiger partial charge in [0.05, 0.1) is 6.42 Å². The molecule has 1 amide bonds. The molecule has 1 aromatic carbocycles. The minimum Gasteiger partial charge on any atom is -0.480 e. The second-order valence-corrected chi connectivity index (χ2v) is 5.65. The number of amides is 1. The highest BCUT2D eigenvalue weighted by molar-refractivity contribution is 6.30. The molecule has 21 heavy (non-hydrogen) atoms. The maximum absolute atomic E-state index is 12.0. The van der Waals surface area contributed by atoms with E-state index in [-0.39, 0.29) is 12.3 Å². The minimum atomic E-state index is -0.946. The SMILES string of the molecule is O=C(C[C@H](C(=O)O)N1CCCCC1)Nc1cccc(Cl)c1. The first-order valence-corrected chi connectivity index (χ1v) is 7.46. The van der Waals surface area contributed by atoms with Crippen LogP contribution in [0.25, 0.3) is 0 Å². The van der Waals surface area contributed by atoms with Crippen LogP contribution in [0.3, 0.4) is 0 Å². The van der Waals surface area contributed by atoms with Crippen LogP contribution >= 0.6 is 11.6 Å². The van der Waals surface area contributed by atoms with Gasteiger partial charge in [0, 0.05) is 10.7 Å². The molecule has 6 heteroatoms. The van der Waals surface area contributed by atoms with E-state index < -0.39 is 12.0 Å². The Morgan fingerprint density at radius 1 is 1.29 bits per heavy atom. The third kappa shape index (κ3) is 4.72. The van der Waals surface area contributed by atoms with Crippen LogP contribution in [-0.4, -0.2) is 41.0 Å². The highest BCUT2D eigenvalue weighted by Gasteiger charge is 2.29. The number of carboxylic acids is 1. The zero-order chi connectivity index (χ0) is 15.2. The molecule has 1 aliphatic rings. The number of carboxylic acid groups (broad SMARTS) is 1. The van der Waals surface area contributed by atoms with Crippen molar-refractivity contribution in [2.45, 2.75) is 31.7 Å². The molecule has 0 unspecified atom stereocenters. The predicted octanol–water partition coefficient (Wildman–Crippen LogP) is 2.61. The maximum atomic E-state index is 12.0. The molecule has 1 fully saturated rings. The van der Waals surface area contributed by atoms with Crippen molar-refractivity contribution in [1.82, 2.24) is 4.90 Å². The van der Waals surface area contributed by atoms with E-state index in [9.17, 15) is 14.7 Å². The molecule has 0 radical (unpaired) electrons. The number of carbonyl (C=O) groups excluding carboxylic acids is 1. The Hall–Kier alpha value is -1.59. The lowest BCUT2D eigenvalue weighted by atomic mass is 10.1. The van der Waals surface area contributed by atoms with Crippen molar-refractivity contribution in [3.63, 3.8) is 0 Å². The quantitative estimate of drug-likeness (QED) is 0.877. The van der Waals surface area contributed by atoms with Crippen molar-refractivity contribution < 1.29 is 14.7 Å². The molecular weight excluding hydrogens is 292 g/mol. The van der Waals surface area contributed by atoms with E-state index in [4.69, 9.17) is 11.6 Å². The van der Waals surface area contributed by atoms with Gasteiger partial charge in [0.25, 0.3) is 0 Å². The van der Waals surface area contributed by atoms with Gasteiger partial charge in [0.15, 0.2) is 0 Å². The van der Waals surface area contributed by atoms with Crippen LogP contribution in [-0.2, 0) is 9.59 Å². The number of piperidine rings is 1. The summed E-state index contributed by atoms with van der Waals surface area (Å²) in [5.74, 6) is -1.26. The number of carbonyl (C=O) groups is 2. The summed E-state index contributed by atoms with van der Waals surface area (Å²) in [7, 11) is 0. The Morgan fingerprint density at radius 2 is 2.00 bits per heavy atom. The molecule has 0 bridgehead atoms. The summed E-state index contributed by atoms with van der Waals surface area (Å²) in [4.78, 5) is 25.3. The summed E-state index contributed by atoms with van der Waals surface area (Å²) >= 11 is 5.85. The van der Waals surface area contributed by atoms with E-state index in [1.54, 1.807) is 24.3 Å². The summed E-state index contributed by atoms with van der Waals surface area (Å²) in [6.45, 7) is 1.48. The second kappa shape index (κ2) is 7.43. The van der Waals surface area contributed by atoms with Crippen LogP contribution in [0.15, 0.2) is 24.3 Å². The van der Waals surface area contributed by atoms with Gasteiger partial charge in [0.2, 0.25) is 5.91 Å². The Bertz CT molecular complexity index is 515. The van der Waals surface area contributed by atoms with Crippen molar-refractivity contribution in [1.29, 1.82) is 0 Å². The molecule has 0 saturated carbocycles. The highest BCUT2D eigenvalue weighted by atomic mass is 35.5. The van der Waals surface area contributed by atoms with Crippen LogP contribution in [0, 0.1) is 0 Å². The standard InChI is InChI=1S/C15H19ClN2O3/c16-11-5-4-6-12(9-11)17-14(19)10-13(15(20)21)18-7-2-1-3-8-18/h4-6,9,13H,1-3,7-8,10H2,(H,17,19)(H,20,21)/t13-/m1/s1. The summed E-state index contributed by atoms with van der Waals surface area (Å²) in [6.07, 6.45) is 3.04. The molecule has 2 rings (SSSR count). The summed E-state index contributed by atoms with van der Waals surface area (Å²) in [5, 5.41) is 12.6. The van der Waals surface area contributed by atoms with E-state index in [0.29, 0.717) is 10.7 Å². The third-order valence-corrected chi connectivity index (χ3v) is 3.84. The first-order chi connectivity index (χ1) is 10.1. The molecule has 1 aliphatic heterocycles. The largest absolute Gasteiger partial charge is 0.480 e. The number of rotatable bonds is 5. The fourth-order valence-electron chi connectivity index (χ4n) is 2.56. The van der Waals surface area contributed by atoms with E-state index >= 15 is 0 Å². The number of hydrogen-bond donors (Lipinski definition) is 2. The fraction of sp³-hybridized carbons (Fsp3) is 0.467. The molecule has 1 heterocycles. The molecule has 0 aliphatic carbocycles. The smallest absolute Gasteiger partial charge is 0.321 e. The Labute approximate surface area is 128 Å². The van der Waals surface area contributed by atoms with Gasteiger partial charge in [-0.15, -0.1) is 0 Å². The van der Waals surface area contributed by atoms with Crippen LogP contribution in [0.5, 0.6) is 0 Å². The molecule has 5 nitrogen and oxygen atoms in total. The number of nitrogens with one attached hydrogen (secondary N) is 1. The minimum absolute atomic E-state index is 0.0537. The number of hydrogen-bond acceptors (Lipinski definition) is 3. The molecule has 2 N–H and O–H groups in total. The summed E-state index contributed by atoms with van der Waals surface area (Å²) in [6, 6.07) is 6.04. The second-order valence-electron chi connectivity index (χ2n) is 5.21. The third-order valence-electron chi connectivity index (χ3n) is 3.60. The number of likely N-dealkylation sites (tertiary alicyclic amines) is 1. The topological polar surface area (TPSA) is 69.6 Å². The van der Waals surface area contributed by atoms with Crippen molar-refractivity contribution in [2.24, 2.45) is 0 Å². The molecule has 0 spiro atoms. The molecular formula is C15H19ClN2O3. The van der Waals surface area contributed by atoms with Gasteiger partial charge in [-0.05, 0) is 44.1 Å². The average molecular weight is 311 g/mol. The fourth-order valence-corrected chi connectivity index (χ4v) is 2.75. The molecule has 1 atom stereocenters. The first kappa shape index (κ1) is 15.8. The Morgan fingerprint density at radius 3 is 2.62 bits per heavy atom.